The zero-order chi connectivity index (χ0) is 12.5. The largest absolute Gasteiger partial charge is 0.377 e. The Morgan fingerprint density at radius 2 is 2.24 bits per heavy atom. The summed E-state index contributed by atoms with van der Waals surface area (Å²) < 4.78 is 6.51. The zero-order valence-electron chi connectivity index (χ0n) is 10.1. The fraction of sp³-hybridized carbons (Fsp3) is 0.462. The van der Waals surface area contributed by atoms with Gasteiger partial charge in [0.05, 0.1) is 18.8 Å². The van der Waals surface area contributed by atoms with Crippen molar-refractivity contribution in [3.8, 4) is 0 Å². The van der Waals surface area contributed by atoms with Crippen molar-refractivity contribution in [1.29, 1.82) is 0 Å². The van der Waals surface area contributed by atoms with Crippen molar-refractivity contribution in [2.75, 3.05) is 19.8 Å². The maximum atomic E-state index is 12.4. The molecule has 3 nitrogen and oxygen atoms in total. The van der Waals surface area contributed by atoms with Gasteiger partial charge in [0.2, 0.25) is 0 Å². The minimum Gasteiger partial charge on any atom is -0.377 e. The molecule has 1 amide bonds. The van der Waals surface area contributed by atoms with Gasteiger partial charge in [0, 0.05) is 15.7 Å². The lowest BCUT2D eigenvalue weighted by Crippen LogP contribution is -2.55. The first-order valence-electron chi connectivity index (χ1n) is 5.66. The number of amides is 1. The molecule has 0 atom stereocenters. The smallest absolute Gasteiger partial charge is 0.254 e. The Hall–Kier alpha value is -0.620. The molecular weight excluding hydrogens is 329 g/mol. The van der Waals surface area contributed by atoms with Gasteiger partial charge >= 0.3 is 0 Å². The van der Waals surface area contributed by atoms with E-state index in [0.29, 0.717) is 19.8 Å². The molecule has 0 saturated carbocycles. The van der Waals surface area contributed by atoms with E-state index in [1.54, 1.807) is 0 Å². The number of nitrogens with zero attached hydrogens (tertiary/aromatic N) is 1. The van der Waals surface area contributed by atoms with Crippen LogP contribution in [-0.2, 0) is 4.74 Å². The number of benzene rings is 1. The van der Waals surface area contributed by atoms with Crippen molar-refractivity contribution < 1.29 is 9.53 Å². The monoisotopic (exact) mass is 345 g/mol. The molecule has 92 valence electrons. The Morgan fingerprint density at radius 1 is 1.47 bits per heavy atom. The summed E-state index contributed by atoms with van der Waals surface area (Å²) in [4.78, 5) is 14.3. The first-order valence-corrected chi connectivity index (χ1v) is 6.74. The lowest BCUT2D eigenvalue weighted by atomic mass is 10.0. The lowest BCUT2D eigenvalue weighted by Gasteiger charge is -2.42. The molecule has 17 heavy (non-hydrogen) atoms. The molecule has 0 aliphatic carbocycles. The van der Waals surface area contributed by atoms with Gasteiger partial charge in [-0.15, -0.1) is 0 Å². The van der Waals surface area contributed by atoms with Crippen LogP contribution < -0.4 is 0 Å². The normalized spacial score (nSPS) is 19.1. The molecule has 0 aromatic heterocycles. The molecule has 1 aliphatic rings. The molecule has 2 rings (SSSR count). The molecule has 4 heteroatoms. The Bertz CT molecular complexity index is 431. The third kappa shape index (κ3) is 2.80. The summed E-state index contributed by atoms with van der Waals surface area (Å²) in [6, 6.07) is 7.70. The zero-order valence-corrected chi connectivity index (χ0v) is 12.2. The number of carbonyl (C=O) groups excluding carboxylic acids is 1. The minimum atomic E-state index is -0.226. The highest BCUT2D eigenvalue weighted by Crippen LogP contribution is 2.22. The molecule has 1 aromatic carbocycles. The summed E-state index contributed by atoms with van der Waals surface area (Å²) in [7, 11) is 0. The summed E-state index contributed by atoms with van der Waals surface area (Å²) in [5, 5.41) is 0. The number of morpholine rings is 1. The lowest BCUT2D eigenvalue weighted by molar-refractivity contribution is -0.0370. The summed E-state index contributed by atoms with van der Waals surface area (Å²) in [5.74, 6) is 0.0943. The second kappa shape index (κ2) is 4.94. The Morgan fingerprint density at radius 3 is 2.88 bits per heavy atom. The standard InChI is InChI=1S/C13H16INO2/c1-13(2)9-17-7-6-15(13)12(16)10-4-3-5-11(14)8-10/h3-5,8H,6-7,9H2,1-2H3. The molecule has 1 fully saturated rings. The van der Waals surface area contributed by atoms with Gasteiger partial charge in [-0.2, -0.15) is 0 Å². The maximum absolute atomic E-state index is 12.4. The van der Waals surface area contributed by atoms with Gasteiger partial charge in [-0.25, -0.2) is 0 Å². The highest BCUT2D eigenvalue weighted by atomic mass is 127. The average Bonchev–Trinajstić information content (AvgIpc) is 2.27. The van der Waals surface area contributed by atoms with Crippen molar-refractivity contribution in [2.45, 2.75) is 19.4 Å². The summed E-state index contributed by atoms with van der Waals surface area (Å²) >= 11 is 2.22. The molecule has 1 aliphatic heterocycles. The molecule has 1 heterocycles. The second-order valence-electron chi connectivity index (χ2n) is 4.83. The Labute approximate surface area is 115 Å². The van der Waals surface area contributed by atoms with Gasteiger partial charge in [0.25, 0.3) is 5.91 Å². The van der Waals surface area contributed by atoms with Crippen LogP contribution in [0.3, 0.4) is 0 Å². The van der Waals surface area contributed by atoms with E-state index >= 15 is 0 Å². The molecule has 0 bridgehead atoms. The van der Waals surface area contributed by atoms with Gasteiger partial charge in [0.1, 0.15) is 0 Å². The second-order valence-corrected chi connectivity index (χ2v) is 6.08. The number of carbonyl (C=O) groups is 1. The van der Waals surface area contributed by atoms with Gasteiger partial charge in [-0.05, 0) is 54.6 Å². The molecular formula is C13H16INO2. The number of hydrogen-bond acceptors (Lipinski definition) is 2. The quantitative estimate of drug-likeness (QED) is 0.732. The first-order chi connectivity index (χ1) is 8.00. The van der Waals surface area contributed by atoms with Gasteiger partial charge < -0.3 is 9.64 Å². The van der Waals surface area contributed by atoms with Crippen LogP contribution >= 0.6 is 22.6 Å². The van der Waals surface area contributed by atoms with Gasteiger partial charge in [0.15, 0.2) is 0 Å². The predicted molar refractivity (Wildman–Crippen MR) is 75.1 cm³/mol. The number of ether oxygens (including phenoxy) is 1. The van der Waals surface area contributed by atoms with Crippen LogP contribution in [-0.4, -0.2) is 36.1 Å². The highest BCUT2D eigenvalue weighted by Gasteiger charge is 2.34. The van der Waals surface area contributed by atoms with E-state index in [-0.39, 0.29) is 11.4 Å². The van der Waals surface area contributed by atoms with Crippen molar-refractivity contribution >= 4 is 28.5 Å². The number of halogens is 1. The third-order valence-corrected chi connectivity index (χ3v) is 3.63. The number of hydrogen-bond donors (Lipinski definition) is 0. The van der Waals surface area contributed by atoms with Crippen molar-refractivity contribution in [2.24, 2.45) is 0 Å². The maximum Gasteiger partial charge on any atom is 0.254 e. The Balaban J connectivity index is 2.25. The van der Waals surface area contributed by atoms with Gasteiger partial charge in [-0.3, -0.25) is 4.79 Å². The fourth-order valence-corrected chi connectivity index (χ4v) is 2.56. The third-order valence-electron chi connectivity index (χ3n) is 2.96. The molecule has 0 radical (unpaired) electrons. The van der Waals surface area contributed by atoms with Crippen LogP contribution in [0.4, 0.5) is 0 Å². The van der Waals surface area contributed by atoms with Crippen LogP contribution in [0, 0.1) is 3.57 Å². The van der Waals surface area contributed by atoms with Crippen LogP contribution in [0.2, 0.25) is 0 Å². The van der Waals surface area contributed by atoms with E-state index in [4.69, 9.17) is 4.74 Å². The van der Waals surface area contributed by atoms with E-state index in [1.807, 2.05) is 43.0 Å². The average molecular weight is 345 g/mol. The summed E-state index contributed by atoms with van der Waals surface area (Å²) in [6.07, 6.45) is 0. The van der Waals surface area contributed by atoms with E-state index in [9.17, 15) is 4.79 Å². The molecule has 1 saturated heterocycles. The molecule has 0 N–H and O–H groups in total. The molecule has 0 unspecified atom stereocenters. The summed E-state index contributed by atoms with van der Waals surface area (Å²) in [6.45, 7) is 5.97. The SMILES string of the molecule is CC1(C)COCCN1C(=O)c1cccc(I)c1. The predicted octanol–water partition coefficient (Wildman–Crippen LogP) is 2.54. The number of rotatable bonds is 1. The minimum absolute atomic E-state index is 0.0943. The fourth-order valence-electron chi connectivity index (χ4n) is 2.01. The van der Waals surface area contributed by atoms with Crippen molar-refractivity contribution in [3.63, 3.8) is 0 Å². The van der Waals surface area contributed by atoms with E-state index in [0.717, 1.165) is 9.13 Å². The van der Waals surface area contributed by atoms with E-state index < -0.39 is 0 Å². The van der Waals surface area contributed by atoms with E-state index in [2.05, 4.69) is 22.6 Å². The van der Waals surface area contributed by atoms with Crippen molar-refractivity contribution in [3.05, 3.63) is 33.4 Å². The molecule has 0 spiro atoms. The van der Waals surface area contributed by atoms with Crippen LogP contribution in [0.25, 0.3) is 0 Å². The van der Waals surface area contributed by atoms with Crippen LogP contribution in [0.5, 0.6) is 0 Å². The van der Waals surface area contributed by atoms with E-state index in [1.165, 1.54) is 0 Å². The van der Waals surface area contributed by atoms with Crippen molar-refractivity contribution in [1.82, 2.24) is 4.90 Å². The Kier molecular flexibility index (Phi) is 3.73. The molecule has 1 aromatic rings. The topological polar surface area (TPSA) is 29.5 Å². The first kappa shape index (κ1) is 12.8. The van der Waals surface area contributed by atoms with Crippen LogP contribution in [0.1, 0.15) is 24.2 Å². The van der Waals surface area contributed by atoms with Crippen LogP contribution in [0.15, 0.2) is 24.3 Å². The summed E-state index contributed by atoms with van der Waals surface area (Å²) in [5.41, 5.74) is 0.531. The highest BCUT2D eigenvalue weighted by molar-refractivity contribution is 14.1. The van der Waals surface area contributed by atoms with Gasteiger partial charge in [-0.1, -0.05) is 6.07 Å².